The highest BCUT2D eigenvalue weighted by atomic mass is 16.5. The van der Waals surface area contributed by atoms with E-state index in [2.05, 4.69) is 10.6 Å². The summed E-state index contributed by atoms with van der Waals surface area (Å²) in [6.07, 6.45) is 0. The van der Waals surface area contributed by atoms with Crippen LogP contribution < -0.4 is 15.4 Å². The van der Waals surface area contributed by atoms with Crippen molar-refractivity contribution < 1.29 is 14.6 Å². The van der Waals surface area contributed by atoms with Gasteiger partial charge in [0.25, 0.3) is 0 Å². The van der Waals surface area contributed by atoms with Gasteiger partial charge in [-0.1, -0.05) is 6.07 Å². The molecule has 1 aliphatic rings. The Labute approximate surface area is 93.4 Å². The molecule has 2 rings (SSSR count). The first-order valence-corrected chi connectivity index (χ1v) is 5.10. The standard InChI is InChI=1S/C11H14N2O3/c1-16-9-3-2-7(6-8(9)14)10-11(15)13-5-4-12-10/h2-3,6,10,12,14H,4-5H2,1H3,(H,13,15). The third kappa shape index (κ3) is 1.94. The first-order chi connectivity index (χ1) is 7.72. The topological polar surface area (TPSA) is 70.6 Å². The summed E-state index contributed by atoms with van der Waals surface area (Å²) in [5, 5.41) is 15.5. The minimum absolute atomic E-state index is 0.0418. The summed E-state index contributed by atoms with van der Waals surface area (Å²) in [4.78, 5) is 11.6. The number of hydrogen-bond donors (Lipinski definition) is 3. The van der Waals surface area contributed by atoms with E-state index in [1.165, 1.54) is 7.11 Å². The van der Waals surface area contributed by atoms with Crippen LogP contribution in [0.5, 0.6) is 11.5 Å². The third-order valence-corrected chi connectivity index (χ3v) is 2.57. The van der Waals surface area contributed by atoms with Crippen LogP contribution in [0, 0.1) is 0 Å². The van der Waals surface area contributed by atoms with E-state index in [-0.39, 0.29) is 11.7 Å². The number of carbonyl (C=O) groups excluding carboxylic acids is 1. The van der Waals surface area contributed by atoms with Gasteiger partial charge in [0.05, 0.1) is 7.11 Å². The Morgan fingerprint density at radius 3 is 2.88 bits per heavy atom. The van der Waals surface area contributed by atoms with Crippen molar-refractivity contribution in [2.24, 2.45) is 0 Å². The molecule has 1 fully saturated rings. The van der Waals surface area contributed by atoms with Gasteiger partial charge in [0.1, 0.15) is 6.04 Å². The molecule has 1 amide bonds. The summed E-state index contributed by atoms with van der Waals surface area (Å²) in [6.45, 7) is 1.36. The second-order valence-corrected chi connectivity index (χ2v) is 3.61. The monoisotopic (exact) mass is 222 g/mol. The van der Waals surface area contributed by atoms with Crippen LogP contribution in [-0.2, 0) is 4.79 Å². The summed E-state index contributed by atoms with van der Waals surface area (Å²) in [5.74, 6) is 0.371. The zero-order valence-corrected chi connectivity index (χ0v) is 8.99. The largest absolute Gasteiger partial charge is 0.504 e. The third-order valence-electron chi connectivity index (χ3n) is 2.57. The van der Waals surface area contributed by atoms with Crippen LogP contribution >= 0.6 is 0 Å². The first kappa shape index (κ1) is 10.8. The lowest BCUT2D eigenvalue weighted by atomic mass is 10.0. The zero-order chi connectivity index (χ0) is 11.5. The molecule has 1 heterocycles. The summed E-state index contributed by atoms with van der Waals surface area (Å²) < 4.78 is 4.94. The van der Waals surface area contributed by atoms with Crippen molar-refractivity contribution in [1.29, 1.82) is 0 Å². The number of nitrogens with one attached hydrogen (secondary N) is 2. The Hall–Kier alpha value is -1.75. The van der Waals surface area contributed by atoms with E-state index in [0.29, 0.717) is 12.3 Å². The van der Waals surface area contributed by atoms with Gasteiger partial charge < -0.3 is 20.5 Å². The van der Waals surface area contributed by atoms with Gasteiger partial charge in [-0.3, -0.25) is 4.79 Å². The number of carbonyl (C=O) groups is 1. The summed E-state index contributed by atoms with van der Waals surface area (Å²) in [6, 6.07) is 4.56. The fourth-order valence-corrected chi connectivity index (χ4v) is 1.75. The second-order valence-electron chi connectivity index (χ2n) is 3.61. The predicted molar refractivity (Wildman–Crippen MR) is 58.4 cm³/mol. The summed E-state index contributed by atoms with van der Waals surface area (Å²) >= 11 is 0. The molecule has 0 spiro atoms. The zero-order valence-electron chi connectivity index (χ0n) is 8.99. The van der Waals surface area contributed by atoms with Gasteiger partial charge in [-0.05, 0) is 17.7 Å². The maximum atomic E-state index is 11.6. The SMILES string of the molecule is COc1ccc(C2NCCNC2=O)cc1O. The van der Waals surface area contributed by atoms with E-state index in [1.807, 2.05) is 0 Å². The molecule has 16 heavy (non-hydrogen) atoms. The normalized spacial score (nSPS) is 20.3. The number of rotatable bonds is 2. The molecular weight excluding hydrogens is 208 g/mol. The van der Waals surface area contributed by atoms with Crippen LogP contribution in [0.15, 0.2) is 18.2 Å². The molecule has 5 nitrogen and oxygen atoms in total. The van der Waals surface area contributed by atoms with E-state index >= 15 is 0 Å². The highest BCUT2D eigenvalue weighted by Gasteiger charge is 2.23. The Balaban J connectivity index is 2.26. The van der Waals surface area contributed by atoms with Crippen molar-refractivity contribution in [3.05, 3.63) is 23.8 Å². The van der Waals surface area contributed by atoms with E-state index in [0.717, 1.165) is 12.1 Å². The van der Waals surface area contributed by atoms with Crippen molar-refractivity contribution in [1.82, 2.24) is 10.6 Å². The quantitative estimate of drug-likeness (QED) is 0.666. The molecule has 5 heteroatoms. The molecule has 0 aliphatic carbocycles. The molecule has 0 radical (unpaired) electrons. The Morgan fingerprint density at radius 2 is 2.25 bits per heavy atom. The number of benzene rings is 1. The molecular formula is C11H14N2O3. The van der Waals surface area contributed by atoms with Crippen LogP contribution in [0.1, 0.15) is 11.6 Å². The molecule has 0 bridgehead atoms. The van der Waals surface area contributed by atoms with Gasteiger partial charge in [-0.15, -0.1) is 0 Å². The maximum absolute atomic E-state index is 11.6. The molecule has 3 N–H and O–H groups in total. The number of amides is 1. The Kier molecular flexibility index (Phi) is 2.96. The number of methoxy groups -OCH3 is 1. The molecule has 1 aromatic carbocycles. The van der Waals surface area contributed by atoms with Crippen molar-refractivity contribution in [3.8, 4) is 11.5 Å². The average molecular weight is 222 g/mol. The van der Waals surface area contributed by atoms with E-state index < -0.39 is 6.04 Å². The molecule has 1 unspecified atom stereocenters. The Morgan fingerprint density at radius 1 is 1.44 bits per heavy atom. The van der Waals surface area contributed by atoms with Crippen molar-refractivity contribution in [2.75, 3.05) is 20.2 Å². The molecule has 0 aromatic heterocycles. The van der Waals surface area contributed by atoms with E-state index in [9.17, 15) is 9.90 Å². The number of aromatic hydroxyl groups is 1. The van der Waals surface area contributed by atoms with Gasteiger partial charge in [0.15, 0.2) is 11.5 Å². The lowest BCUT2D eigenvalue weighted by Gasteiger charge is -2.24. The van der Waals surface area contributed by atoms with Crippen molar-refractivity contribution in [2.45, 2.75) is 6.04 Å². The Bertz CT molecular complexity index is 406. The molecule has 1 aromatic rings. The van der Waals surface area contributed by atoms with E-state index in [1.54, 1.807) is 18.2 Å². The molecule has 1 saturated heterocycles. The lowest BCUT2D eigenvalue weighted by Crippen LogP contribution is -2.47. The number of ether oxygens (including phenoxy) is 1. The average Bonchev–Trinajstić information content (AvgIpc) is 2.29. The van der Waals surface area contributed by atoms with Gasteiger partial charge in [-0.2, -0.15) is 0 Å². The van der Waals surface area contributed by atoms with Gasteiger partial charge in [-0.25, -0.2) is 0 Å². The fourth-order valence-electron chi connectivity index (χ4n) is 1.75. The van der Waals surface area contributed by atoms with Crippen LogP contribution in [-0.4, -0.2) is 31.2 Å². The minimum atomic E-state index is -0.398. The van der Waals surface area contributed by atoms with E-state index in [4.69, 9.17) is 4.74 Å². The van der Waals surface area contributed by atoms with Crippen LogP contribution in [0.25, 0.3) is 0 Å². The van der Waals surface area contributed by atoms with Gasteiger partial charge in [0, 0.05) is 13.1 Å². The van der Waals surface area contributed by atoms with Gasteiger partial charge >= 0.3 is 0 Å². The minimum Gasteiger partial charge on any atom is -0.504 e. The molecule has 1 atom stereocenters. The lowest BCUT2D eigenvalue weighted by molar-refractivity contribution is -0.124. The van der Waals surface area contributed by atoms with Crippen LogP contribution in [0.3, 0.4) is 0 Å². The number of phenols is 1. The van der Waals surface area contributed by atoms with Crippen molar-refractivity contribution in [3.63, 3.8) is 0 Å². The number of hydrogen-bond acceptors (Lipinski definition) is 4. The molecule has 1 aliphatic heterocycles. The maximum Gasteiger partial charge on any atom is 0.241 e. The van der Waals surface area contributed by atoms with Crippen molar-refractivity contribution >= 4 is 5.91 Å². The number of phenolic OH excluding ortho intramolecular Hbond substituents is 1. The fraction of sp³-hybridized carbons (Fsp3) is 0.364. The van der Waals surface area contributed by atoms with Crippen LogP contribution in [0.2, 0.25) is 0 Å². The summed E-state index contributed by atoms with van der Waals surface area (Å²) in [7, 11) is 1.49. The smallest absolute Gasteiger partial charge is 0.241 e. The second kappa shape index (κ2) is 4.40. The predicted octanol–water partition coefficient (Wildman–Crippen LogP) is 0.161. The number of piperazine rings is 1. The van der Waals surface area contributed by atoms with Gasteiger partial charge in [0.2, 0.25) is 5.91 Å². The molecule has 0 saturated carbocycles. The first-order valence-electron chi connectivity index (χ1n) is 5.10. The highest BCUT2D eigenvalue weighted by Crippen LogP contribution is 2.29. The summed E-state index contributed by atoms with van der Waals surface area (Å²) in [5.41, 5.74) is 0.732. The van der Waals surface area contributed by atoms with Crippen LogP contribution in [0.4, 0.5) is 0 Å². The highest BCUT2D eigenvalue weighted by molar-refractivity contribution is 5.84. The molecule has 86 valence electrons.